The molecule has 2 aromatic rings. The van der Waals surface area contributed by atoms with E-state index >= 15 is 0 Å². The number of nitrogens with one attached hydrogen (secondary N) is 2. The van der Waals surface area contributed by atoms with Crippen molar-refractivity contribution < 1.29 is 5.11 Å². The molecule has 0 aromatic carbocycles. The van der Waals surface area contributed by atoms with Crippen LogP contribution >= 0.6 is 11.8 Å². The number of likely N-dealkylation sites (tertiary alicyclic amines) is 1. The van der Waals surface area contributed by atoms with Crippen molar-refractivity contribution in [3.05, 3.63) is 28.4 Å². The van der Waals surface area contributed by atoms with Gasteiger partial charge in [-0.2, -0.15) is 11.8 Å². The van der Waals surface area contributed by atoms with E-state index in [2.05, 4.69) is 26.8 Å². The summed E-state index contributed by atoms with van der Waals surface area (Å²) in [6.45, 7) is 4.47. The molecule has 7 heteroatoms. The fourth-order valence-corrected chi connectivity index (χ4v) is 4.07. The molecule has 2 atom stereocenters. The molecule has 22 heavy (non-hydrogen) atoms. The van der Waals surface area contributed by atoms with Gasteiger partial charge in [0, 0.05) is 37.3 Å². The third-order valence-corrected chi connectivity index (χ3v) is 5.47. The highest BCUT2D eigenvalue weighted by atomic mass is 32.2. The Balaban J connectivity index is 1.66. The van der Waals surface area contributed by atoms with E-state index < -0.39 is 0 Å². The average Bonchev–Trinajstić information content (AvgIpc) is 3.05. The van der Waals surface area contributed by atoms with Gasteiger partial charge in [0.05, 0.1) is 17.9 Å². The van der Waals surface area contributed by atoms with Crippen LogP contribution < -0.4 is 5.56 Å². The number of thioether (sulfide) groups is 1. The van der Waals surface area contributed by atoms with Gasteiger partial charge in [0.15, 0.2) is 0 Å². The molecular formula is C15H22N4O2S. The van der Waals surface area contributed by atoms with E-state index in [-0.39, 0.29) is 11.7 Å². The third-order valence-electron chi connectivity index (χ3n) is 4.10. The SMILES string of the molecule is CCCSC[C@@H]1CN(Cc2c[nH]c3c(=O)[nH]cnc23)C[C@@H]1O. The lowest BCUT2D eigenvalue weighted by molar-refractivity contribution is 0.149. The van der Waals surface area contributed by atoms with E-state index in [0.29, 0.717) is 24.5 Å². The quantitative estimate of drug-likeness (QED) is 0.696. The summed E-state index contributed by atoms with van der Waals surface area (Å²) < 4.78 is 0. The molecule has 2 aromatic heterocycles. The molecule has 3 heterocycles. The highest BCUT2D eigenvalue weighted by Crippen LogP contribution is 2.24. The Bertz CT molecular complexity index is 683. The van der Waals surface area contributed by atoms with Gasteiger partial charge in [0.25, 0.3) is 5.56 Å². The van der Waals surface area contributed by atoms with Gasteiger partial charge in [-0.25, -0.2) is 4.98 Å². The van der Waals surface area contributed by atoms with Gasteiger partial charge in [-0.1, -0.05) is 6.92 Å². The molecule has 0 spiro atoms. The van der Waals surface area contributed by atoms with Crippen molar-refractivity contribution in [1.29, 1.82) is 0 Å². The molecule has 1 fully saturated rings. The number of hydrogen-bond donors (Lipinski definition) is 3. The summed E-state index contributed by atoms with van der Waals surface area (Å²) in [4.78, 5) is 23.8. The predicted molar refractivity (Wildman–Crippen MR) is 89.1 cm³/mol. The first-order valence-electron chi connectivity index (χ1n) is 7.70. The van der Waals surface area contributed by atoms with Crippen LogP contribution in [0, 0.1) is 5.92 Å². The van der Waals surface area contributed by atoms with Gasteiger partial charge in [0.2, 0.25) is 0 Å². The lowest BCUT2D eigenvalue weighted by Crippen LogP contribution is -2.21. The fraction of sp³-hybridized carbons (Fsp3) is 0.600. The van der Waals surface area contributed by atoms with Crippen molar-refractivity contribution in [3.63, 3.8) is 0 Å². The first-order valence-corrected chi connectivity index (χ1v) is 8.86. The van der Waals surface area contributed by atoms with Crippen LogP contribution in [0.5, 0.6) is 0 Å². The van der Waals surface area contributed by atoms with E-state index in [0.717, 1.165) is 29.1 Å². The summed E-state index contributed by atoms with van der Waals surface area (Å²) in [6, 6.07) is 0. The minimum absolute atomic E-state index is 0.147. The summed E-state index contributed by atoms with van der Waals surface area (Å²) >= 11 is 1.92. The maximum absolute atomic E-state index is 11.7. The summed E-state index contributed by atoms with van der Waals surface area (Å²) in [7, 11) is 0. The van der Waals surface area contributed by atoms with Crippen LogP contribution in [0.15, 0.2) is 17.3 Å². The second-order valence-corrected chi connectivity index (χ2v) is 7.02. The van der Waals surface area contributed by atoms with Crippen LogP contribution in [0.3, 0.4) is 0 Å². The normalized spacial score (nSPS) is 22.6. The molecule has 0 aliphatic carbocycles. The van der Waals surface area contributed by atoms with Gasteiger partial charge >= 0.3 is 0 Å². The van der Waals surface area contributed by atoms with Gasteiger partial charge in [-0.05, 0) is 17.9 Å². The number of aliphatic hydroxyl groups excluding tert-OH is 1. The zero-order valence-corrected chi connectivity index (χ0v) is 13.5. The van der Waals surface area contributed by atoms with Crippen LogP contribution in [0.4, 0.5) is 0 Å². The maximum atomic E-state index is 11.7. The molecule has 3 rings (SSSR count). The lowest BCUT2D eigenvalue weighted by atomic mass is 10.1. The molecule has 1 aliphatic rings. The van der Waals surface area contributed by atoms with Crippen LogP contribution in [0.2, 0.25) is 0 Å². The summed E-state index contributed by atoms with van der Waals surface area (Å²) in [5, 5.41) is 10.2. The van der Waals surface area contributed by atoms with Crippen LogP contribution in [0.1, 0.15) is 18.9 Å². The molecule has 0 bridgehead atoms. The van der Waals surface area contributed by atoms with Gasteiger partial charge in [-0.3, -0.25) is 9.69 Å². The number of aliphatic hydroxyl groups is 1. The molecule has 0 amide bonds. The molecule has 0 unspecified atom stereocenters. The van der Waals surface area contributed by atoms with Crippen LogP contribution in [0.25, 0.3) is 11.0 Å². The second-order valence-electron chi connectivity index (χ2n) is 5.87. The molecule has 1 aliphatic heterocycles. The molecule has 0 radical (unpaired) electrons. The Morgan fingerprint density at radius 1 is 1.45 bits per heavy atom. The Hall–Kier alpha value is -1.31. The molecule has 3 N–H and O–H groups in total. The molecular weight excluding hydrogens is 300 g/mol. The average molecular weight is 322 g/mol. The van der Waals surface area contributed by atoms with E-state index in [9.17, 15) is 9.90 Å². The number of aromatic nitrogens is 3. The monoisotopic (exact) mass is 322 g/mol. The minimum atomic E-state index is -0.258. The summed E-state index contributed by atoms with van der Waals surface area (Å²) in [5.41, 5.74) is 2.11. The van der Waals surface area contributed by atoms with Crippen molar-refractivity contribution in [2.75, 3.05) is 24.6 Å². The van der Waals surface area contributed by atoms with Gasteiger partial charge in [0.1, 0.15) is 5.52 Å². The summed E-state index contributed by atoms with van der Waals surface area (Å²) in [5.74, 6) is 2.49. The molecule has 0 saturated carbocycles. The maximum Gasteiger partial charge on any atom is 0.275 e. The number of β-amino-alcohol motifs (C(OH)–C–C–N with tert-alkyl or cyclic N) is 1. The van der Waals surface area contributed by atoms with Crippen LogP contribution in [-0.4, -0.2) is 55.7 Å². The van der Waals surface area contributed by atoms with E-state index in [4.69, 9.17) is 0 Å². The zero-order chi connectivity index (χ0) is 15.5. The van der Waals surface area contributed by atoms with Crippen molar-refractivity contribution in [2.45, 2.75) is 26.0 Å². The molecule has 120 valence electrons. The Morgan fingerprint density at radius 2 is 2.32 bits per heavy atom. The fourth-order valence-electron chi connectivity index (χ4n) is 2.98. The highest BCUT2D eigenvalue weighted by molar-refractivity contribution is 7.99. The number of aromatic amines is 2. The Morgan fingerprint density at radius 3 is 3.14 bits per heavy atom. The Labute approximate surface area is 133 Å². The standard InChI is InChI=1S/C15H22N4O2S/c1-2-3-22-8-11-6-19(7-12(11)20)5-10-4-16-14-13(10)17-9-18-15(14)21/h4,9,11-12,16,20H,2-3,5-8H2,1H3,(H,17,18,21)/t11-,12-/m0/s1. The number of fused-ring (bicyclic) bond motifs is 1. The first-order chi connectivity index (χ1) is 10.7. The lowest BCUT2D eigenvalue weighted by Gasteiger charge is -2.14. The first kappa shape index (κ1) is 15.6. The topological polar surface area (TPSA) is 85.0 Å². The van der Waals surface area contributed by atoms with E-state index in [1.165, 1.54) is 12.7 Å². The van der Waals surface area contributed by atoms with Crippen molar-refractivity contribution in [2.24, 2.45) is 5.92 Å². The number of H-pyrrole nitrogens is 2. The zero-order valence-electron chi connectivity index (χ0n) is 12.7. The van der Waals surface area contributed by atoms with Gasteiger partial charge in [-0.15, -0.1) is 0 Å². The van der Waals surface area contributed by atoms with Crippen molar-refractivity contribution in [3.8, 4) is 0 Å². The number of hydrogen-bond acceptors (Lipinski definition) is 5. The Kier molecular flexibility index (Phi) is 4.85. The third kappa shape index (κ3) is 3.21. The smallest absolute Gasteiger partial charge is 0.275 e. The van der Waals surface area contributed by atoms with Crippen LogP contribution in [-0.2, 0) is 6.54 Å². The highest BCUT2D eigenvalue weighted by Gasteiger charge is 2.31. The molecule has 1 saturated heterocycles. The van der Waals surface area contributed by atoms with Crippen molar-refractivity contribution >= 4 is 22.8 Å². The largest absolute Gasteiger partial charge is 0.391 e. The van der Waals surface area contributed by atoms with Gasteiger partial charge < -0.3 is 15.1 Å². The molecule has 6 nitrogen and oxygen atoms in total. The van der Waals surface area contributed by atoms with E-state index in [1.54, 1.807) is 0 Å². The van der Waals surface area contributed by atoms with Crippen molar-refractivity contribution in [1.82, 2.24) is 19.9 Å². The minimum Gasteiger partial charge on any atom is -0.391 e. The summed E-state index contributed by atoms with van der Waals surface area (Å²) in [6.07, 6.45) is 4.20. The second kappa shape index (κ2) is 6.85. The number of nitrogens with zero attached hydrogens (tertiary/aromatic N) is 2. The number of rotatable bonds is 6. The van der Waals surface area contributed by atoms with E-state index in [1.807, 2.05) is 18.0 Å². The predicted octanol–water partition coefficient (Wildman–Crippen LogP) is 1.19.